The van der Waals surface area contributed by atoms with E-state index in [2.05, 4.69) is 42.6 Å². The minimum absolute atomic E-state index is 0.0221. The van der Waals surface area contributed by atoms with Gasteiger partial charge in [-0.05, 0) is 48.1 Å². The maximum absolute atomic E-state index is 14.6. The molecule has 0 saturated carbocycles. The zero-order valence-electron chi connectivity index (χ0n) is 14.0. The highest BCUT2D eigenvalue weighted by atomic mass is 19.1. The molecule has 2 aromatic carbocycles. The van der Waals surface area contributed by atoms with E-state index in [-0.39, 0.29) is 23.4 Å². The first-order valence-electron chi connectivity index (χ1n) is 8.67. The van der Waals surface area contributed by atoms with E-state index in [4.69, 9.17) is 5.11 Å². The molecule has 1 aliphatic heterocycles. The summed E-state index contributed by atoms with van der Waals surface area (Å²) in [6, 6.07) is 10.5. The number of aryl methyl sites for hydroxylation is 1. The number of aromatic carboxylic acids is 1. The normalized spacial score (nSPS) is 23.7. The summed E-state index contributed by atoms with van der Waals surface area (Å²) in [6.07, 6.45) is 6.27. The fourth-order valence-corrected chi connectivity index (χ4v) is 4.08. The number of nitrogens with one attached hydrogen (secondary N) is 1. The van der Waals surface area contributed by atoms with Crippen LogP contribution in [0.15, 0.2) is 48.6 Å². The smallest absolute Gasteiger partial charge is 0.335 e. The van der Waals surface area contributed by atoms with Crippen LogP contribution in [0, 0.1) is 11.7 Å². The Morgan fingerprint density at radius 2 is 2.08 bits per heavy atom. The molecule has 1 aliphatic carbocycles. The van der Waals surface area contributed by atoms with Gasteiger partial charge in [0.25, 0.3) is 0 Å². The molecule has 1 heterocycles. The number of fused-ring (bicyclic) bond motifs is 3. The molecule has 128 valence electrons. The first-order valence-corrected chi connectivity index (χ1v) is 8.67. The van der Waals surface area contributed by atoms with Gasteiger partial charge in [-0.1, -0.05) is 37.3 Å². The van der Waals surface area contributed by atoms with Gasteiger partial charge in [0, 0.05) is 17.2 Å². The fourth-order valence-electron chi connectivity index (χ4n) is 4.08. The molecule has 2 N–H and O–H groups in total. The first kappa shape index (κ1) is 15.9. The van der Waals surface area contributed by atoms with Crippen LogP contribution in [-0.4, -0.2) is 11.1 Å². The first-order chi connectivity index (χ1) is 12.1. The quantitative estimate of drug-likeness (QED) is 0.782. The third kappa shape index (κ3) is 2.62. The lowest BCUT2D eigenvalue weighted by Crippen LogP contribution is -2.30. The Morgan fingerprint density at radius 1 is 1.24 bits per heavy atom. The average molecular weight is 337 g/mol. The van der Waals surface area contributed by atoms with E-state index in [1.165, 1.54) is 17.2 Å². The maximum Gasteiger partial charge on any atom is 0.335 e. The van der Waals surface area contributed by atoms with Gasteiger partial charge in [-0.25, -0.2) is 9.18 Å². The Balaban J connectivity index is 1.76. The zero-order valence-corrected chi connectivity index (χ0v) is 14.0. The van der Waals surface area contributed by atoms with Crippen LogP contribution in [0.3, 0.4) is 0 Å². The predicted octanol–water partition coefficient (Wildman–Crippen LogP) is 4.91. The predicted molar refractivity (Wildman–Crippen MR) is 95.5 cm³/mol. The van der Waals surface area contributed by atoms with Crippen molar-refractivity contribution in [3.63, 3.8) is 0 Å². The fraction of sp³-hybridized carbons (Fsp3) is 0.286. The van der Waals surface area contributed by atoms with E-state index in [0.717, 1.165) is 24.6 Å². The van der Waals surface area contributed by atoms with Crippen molar-refractivity contribution in [3.05, 3.63) is 76.6 Å². The van der Waals surface area contributed by atoms with E-state index in [9.17, 15) is 9.18 Å². The van der Waals surface area contributed by atoms with Crippen LogP contribution in [0.25, 0.3) is 0 Å². The molecule has 3 atom stereocenters. The number of anilines is 1. The highest BCUT2D eigenvalue weighted by Gasteiger charge is 2.38. The standard InChI is InChI=1S/C21H20FNO2/c1-2-12-6-9-19-17(10-12)14-4-3-5-15(14)20(23-19)16-8-7-13(21(24)25)11-18(16)22/h3-4,6-11,14-15,20,23H,2,5H2,1H3,(H,24,25). The van der Waals surface area contributed by atoms with Gasteiger partial charge in [0.15, 0.2) is 0 Å². The van der Waals surface area contributed by atoms with Gasteiger partial charge in [0.1, 0.15) is 5.82 Å². The van der Waals surface area contributed by atoms with Gasteiger partial charge in [0.2, 0.25) is 0 Å². The van der Waals surface area contributed by atoms with Gasteiger partial charge in [0.05, 0.1) is 11.6 Å². The van der Waals surface area contributed by atoms with Crippen LogP contribution in [0.5, 0.6) is 0 Å². The van der Waals surface area contributed by atoms with E-state index in [1.54, 1.807) is 6.07 Å². The van der Waals surface area contributed by atoms with Gasteiger partial charge in [-0.2, -0.15) is 0 Å². The lowest BCUT2D eigenvalue weighted by Gasteiger charge is -2.38. The van der Waals surface area contributed by atoms with Gasteiger partial charge >= 0.3 is 5.97 Å². The van der Waals surface area contributed by atoms with Gasteiger partial charge in [-0.3, -0.25) is 0 Å². The zero-order chi connectivity index (χ0) is 17.6. The second kappa shape index (κ2) is 6.03. The SMILES string of the molecule is CCc1ccc2c(c1)C1C=CCC1C(c1ccc(C(=O)O)cc1F)N2. The van der Waals surface area contributed by atoms with Gasteiger partial charge in [-0.15, -0.1) is 0 Å². The Bertz CT molecular complexity index is 874. The highest BCUT2D eigenvalue weighted by molar-refractivity contribution is 5.87. The van der Waals surface area contributed by atoms with E-state index in [0.29, 0.717) is 5.56 Å². The number of rotatable bonds is 3. The van der Waals surface area contributed by atoms with E-state index >= 15 is 0 Å². The summed E-state index contributed by atoms with van der Waals surface area (Å²) in [6.45, 7) is 2.14. The summed E-state index contributed by atoms with van der Waals surface area (Å²) < 4.78 is 14.6. The molecule has 25 heavy (non-hydrogen) atoms. The summed E-state index contributed by atoms with van der Waals surface area (Å²) in [5, 5.41) is 12.5. The van der Waals surface area contributed by atoms with Crippen molar-refractivity contribution in [1.29, 1.82) is 0 Å². The van der Waals surface area contributed by atoms with Crippen molar-refractivity contribution in [1.82, 2.24) is 0 Å². The number of carboxylic acid groups (broad SMARTS) is 1. The second-order valence-electron chi connectivity index (χ2n) is 6.79. The molecule has 3 nitrogen and oxygen atoms in total. The molecule has 4 heteroatoms. The molecule has 0 amide bonds. The second-order valence-corrected chi connectivity index (χ2v) is 6.79. The topological polar surface area (TPSA) is 49.3 Å². The molecule has 0 aromatic heterocycles. The molecule has 0 fully saturated rings. The molecule has 0 spiro atoms. The minimum Gasteiger partial charge on any atom is -0.478 e. The molecule has 0 bridgehead atoms. The molecule has 4 rings (SSSR count). The van der Waals surface area contributed by atoms with Crippen molar-refractivity contribution in [2.24, 2.45) is 5.92 Å². The number of allylic oxidation sites excluding steroid dienone is 2. The Hall–Kier alpha value is -2.62. The summed E-state index contributed by atoms with van der Waals surface area (Å²) in [7, 11) is 0. The van der Waals surface area contributed by atoms with E-state index in [1.807, 2.05) is 0 Å². The number of hydrogen-bond donors (Lipinski definition) is 2. The monoisotopic (exact) mass is 337 g/mol. The van der Waals surface area contributed by atoms with Crippen molar-refractivity contribution in [2.75, 3.05) is 5.32 Å². The van der Waals surface area contributed by atoms with Crippen molar-refractivity contribution >= 4 is 11.7 Å². The Kier molecular flexibility index (Phi) is 3.83. The highest BCUT2D eigenvalue weighted by Crippen LogP contribution is 2.50. The van der Waals surface area contributed by atoms with Crippen LogP contribution in [0.2, 0.25) is 0 Å². The summed E-state index contributed by atoms with van der Waals surface area (Å²) in [4.78, 5) is 11.1. The van der Waals surface area contributed by atoms with Crippen LogP contribution >= 0.6 is 0 Å². The average Bonchev–Trinajstić information content (AvgIpc) is 3.10. The largest absolute Gasteiger partial charge is 0.478 e. The summed E-state index contributed by atoms with van der Waals surface area (Å²) in [5.74, 6) is -1.06. The molecule has 2 aliphatic rings. The number of carbonyl (C=O) groups is 1. The Morgan fingerprint density at radius 3 is 2.80 bits per heavy atom. The van der Waals surface area contributed by atoms with Crippen molar-refractivity contribution in [3.8, 4) is 0 Å². The van der Waals surface area contributed by atoms with Crippen LogP contribution in [0.1, 0.15) is 52.4 Å². The lowest BCUT2D eigenvalue weighted by molar-refractivity contribution is 0.0696. The minimum atomic E-state index is -1.11. The molecule has 0 saturated heterocycles. The Labute approximate surface area is 146 Å². The molecular formula is C21H20FNO2. The third-order valence-corrected chi connectivity index (χ3v) is 5.42. The maximum atomic E-state index is 14.6. The number of halogens is 1. The molecule has 0 radical (unpaired) electrons. The van der Waals surface area contributed by atoms with Crippen molar-refractivity contribution < 1.29 is 14.3 Å². The molecule has 2 aromatic rings. The molecular weight excluding hydrogens is 317 g/mol. The van der Waals surface area contributed by atoms with E-state index < -0.39 is 11.8 Å². The summed E-state index contributed by atoms with van der Waals surface area (Å²) in [5.41, 5.74) is 4.13. The number of carboxylic acids is 1. The van der Waals surface area contributed by atoms with Crippen LogP contribution in [-0.2, 0) is 6.42 Å². The lowest BCUT2D eigenvalue weighted by atomic mass is 9.76. The molecule has 3 unspecified atom stereocenters. The summed E-state index contributed by atoms with van der Waals surface area (Å²) >= 11 is 0. The van der Waals surface area contributed by atoms with Crippen LogP contribution < -0.4 is 5.32 Å². The van der Waals surface area contributed by atoms with Crippen LogP contribution in [0.4, 0.5) is 10.1 Å². The van der Waals surface area contributed by atoms with Crippen molar-refractivity contribution in [2.45, 2.75) is 31.7 Å². The number of hydrogen-bond acceptors (Lipinski definition) is 2. The number of benzene rings is 2. The third-order valence-electron chi connectivity index (χ3n) is 5.42. The van der Waals surface area contributed by atoms with Gasteiger partial charge < -0.3 is 10.4 Å².